The molecule has 92 valence electrons. The summed E-state index contributed by atoms with van der Waals surface area (Å²) in [6, 6.07) is 0. The summed E-state index contributed by atoms with van der Waals surface area (Å²) in [6.45, 7) is 7.59. The van der Waals surface area contributed by atoms with Gasteiger partial charge < -0.3 is 14.8 Å². The zero-order valence-electron chi connectivity index (χ0n) is 10.2. The monoisotopic (exact) mass is 229 g/mol. The van der Waals surface area contributed by atoms with Crippen molar-refractivity contribution in [2.45, 2.75) is 46.5 Å². The normalized spacial score (nSPS) is 26.1. The van der Waals surface area contributed by atoms with Crippen molar-refractivity contribution in [3.63, 3.8) is 0 Å². The Morgan fingerprint density at radius 1 is 1.50 bits per heavy atom. The standard InChI is InChI=1S/C11H19NO4/c1-7(13)12-6-8-5-9(14)16-10(15-8)11(2,3)4/h8,10H,5-6H2,1-4H3,(H,12,13)/t8-,10+/m0/s1. The van der Waals surface area contributed by atoms with Crippen LogP contribution in [0.4, 0.5) is 0 Å². The molecule has 0 radical (unpaired) electrons. The van der Waals surface area contributed by atoms with Gasteiger partial charge in [-0.05, 0) is 0 Å². The maximum Gasteiger partial charge on any atom is 0.310 e. The van der Waals surface area contributed by atoms with Crippen LogP contribution in [0.5, 0.6) is 0 Å². The molecule has 1 amide bonds. The second-order valence-corrected chi connectivity index (χ2v) is 5.09. The SMILES string of the molecule is CC(=O)NC[C@@H]1CC(=O)O[C@H](C(C)(C)C)O1. The lowest BCUT2D eigenvalue weighted by atomic mass is 9.95. The summed E-state index contributed by atoms with van der Waals surface area (Å²) < 4.78 is 10.7. The summed E-state index contributed by atoms with van der Waals surface area (Å²) >= 11 is 0. The van der Waals surface area contributed by atoms with E-state index in [1.165, 1.54) is 6.92 Å². The fraction of sp³-hybridized carbons (Fsp3) is 0.818. The Balaban J connectivity index is 2.54. The molecule has 0 saturated carbocycles. The summed E-state index contributed by atoms with van der Waals surface area (Å²) in [5.41, 5.74) is -0.259. The molecule has 0 aromatic heterocycles. The van der Waals surface area contributed by atoms with E-state index >= 15 is 0 Å². The molecule has 2 atom stereocenters. The van der Waals surface area contributed by atoms with Crippen molar-refractivity contribution in [1.82, 2.24) is 5.32 Å². The molecule has 1 aliphatic rings. The predicted molar refractivity (Wildman–Crippen MR) is 57.5 cm³/mol. The highest BCUT2D eigenvalue weighted by atomic mass is 16.7. The number of cyclic esters (lactones) is 1. The average molecular weight is 229 g/mol. The van der Waals surface area contributed by atoms with E-state index in [1.54, 1.807) is 0 Å². The molecule has 0 unspecified atom stereocenters. The smallest absolute Gasteiger partial charge is 0.310 e. The van der Waals surface area contributed by atoms with E-state index in [2.05, 4.69) is 5.32 Å². The Morgan fingerprint density at radius 2 is 2.12 bits per heavy atom. The Bertz CT molecular complexity index is 282. The molecular weight excluding hydrogens is 210 g/mol. The van der Waals surface area contributed by atoms with E-state index in [9.17, 15) is 9.59 Å². The quantitative estimate of drug-likeness (QED) is 0.712. The minimum Gasteiger partial charge on any atom is -0.435 e. The van der Waals surface area contributed by atoms with Gasteiger partial charge in [0.05, 0.1) is 12.5 Å². The number of carbonyl (C=O) groups is 2. The van der Waals surface area contributed by atoms with Gasteiger partial charge in [-0.1, -0.05) is 20.8 Å². The highest BCUT2D eigenvalue weighted by Crippen LogP contribution is 2.28. The highest BCUT2D eigenvalue weighted by Gasteiger charge is 2.36. The second kappa shape index (κ2) is 4.82. The minimum absolute atomic E-state index is 0.130. The topological polar surface area (TPSA) is 64.6 Å². The van der Waals surface area contributed by atoms with Crippen molar-refractivity contribution in [1.29, 1.82) is 0 Å². The fourth-order valence-electron chi connectivity index (χ4n) is 1.36. The first-order valence-corrected chi connectivity index (χ1v) is 5.38. The van der Waals surface area contributed by atoms with E-state index in [0.29, 0.717) is 6.54 Å². The Labute approximate surface area is 95.5 Å². The predicted octanol–water partition coefficient (Wildman–Crippen LogP) is 0.827. The van der Waals surface area contributed by atoms with Gasteiger partial charge in [-0.15, -0.1) is 0 Å². The lowest BCUT2D eigenvalue weighted by molar-refractivity contribution is -0.242. The molecule has 1 heterocycles. The van der Waals surface area contributed by atoms with Crippen LogP contribution < -0.4 is 5.32 Å². The number of hydrogen-bond donors (Lipinski definition) is 1. The van der Waals surface area contributed by atoms with Crippen LogP contribution in [-0.4, -0.2) is 30.8 Å². The largest absolute Gasteiger partial charge is 0.435 e. The lowest BCUT2D eigenvalue weighted by Gasteiger charge is -2.36. The Hall–Kier alpha value is -1.10. The third-order valence-electron chi connectivity index (χ3n) is 2.23. The number of hydrogen-bond acceptors (Lipinski definition) is 4. The van der Waals surface area contributed by atoms with Crippen LogP contribution in [0.2, 0.25) is 0 Å². The van der Waals surface area contributed by atoms with Crippen LogP contribution in [0, 0.1) is 5.41 Å². The first-order valence-electron chi connectivity index (χ1n) is 5.38. The van der Waals surface area contributed by atoms with Crippen LogP contribution in [0.15, 0.2) is 0 Å². The molecule has 0 aliphatic carbocycles. The maximum absolute atomic E-state index is 11.4. The third-order valence-corrected chi connectivity index (χ3v) is 2.23. The molecule has 5 heteroatoms. The summed E-state index contributed by atoms with van der Waals surface area (Å²) in [7, 11) is 0. The van der Waals surface area contributed by atoms with Gasteiger partial charge in [0.25, 0.3) is 0 Å². The molecule has 16 heavy (non-hydrogen) atoms. The van der Waals surface area contributed by atoms with Crippen LogP contribution >= 0.6 is 0 Å². The van der Waals surface area contributed by atoms with Crippen molar-refractivity contribution < 1.29 is 19.1 Å². The summed E-state index contributed by atoms with van der Waals surface area (Å²) in [4.78, 5) is 22.1. The molecule has 0 spiro atoms. The number of ether oxygens (including phenoxy) is 2. The minimum atomic E-state index is -0.549. The zero-order valence-corrected chi connectivity index (χ0v) is 10.2. The summed E-state index contributed by atoms with van der Waals surface area (Å²) in [5, 5.41) is 2.64. The molecular formula is C11H19NO4. The molecule has 0 aromatic rings. The van der Waals surface area contributed by atoms with Gasteiger partial charge in [-0.25, -0.2) is 0 Å². The maximum atomic E-state index is 11.4. The van der Waals surface area contributed by atoms with Crippen molar-refractivity contribution in [3.8, 4) is 0 Å². The number of rotatable bonds is 2. The van der Waals surface area contributed by atoms with Crippen molar-refractivity contribution in [2.75, 3.05) is 6.54 Å². The van der Waals surface area contributed by atoms with Crippen LogP contribution in [0.25, 0.3) is 0 Å². The van der Waals surface area contributed by atoms with Crippen LogP contribution in [0.1, 0.15) is 34.1 Å². The molecule has 5 nitrogen and oxygen atoms in total. The fourth-order valence-corrected chi connectivity index (χ4v) is 1.36. The Kier molecular flexibility index (Phi) is 3.91. The van der Waals surface area contributed by atoms with Gasteiger partial charge in [0.1, 0.15) is 0 Å². The molecule has 1 aliphatic heterocycles. The molecule has 1 fully saturated rings. The Morgan fingerprint density at radius 3 is 2.62 bits per heavy atom. The molecule has 1 rings (SSSR count). The third kappa shape index (κ3) is 3.81. The number of nitrogens with one attached hydrogen (secondary N) is 1. The van der Waals surface area contributed by atoms with Crippen molar-refractivity contribution >= 4 is 11.9 Å². The van der Waals surface area contributed by atoms with E-state index in [4.69, 9.17) is 9.47 Å². The van der Waals surface area contributed by atoms with E-state index in [1.807, 2.05) is 20.8 Å². The van der Waals surface area contributed by atoms with Gasteiger partial charge in [-0.2, -0.15) is 0 Å². The summed E-state index contributed by atoms with van der Waals surface area (Å²) in [5.74, 6) is -0.406. The van der Waals surface area contributed by atoms with Crippen molar-refractivity contribution in [2.24, 2.45) is 5.41 Å². The first kappa shape index (κ1) is 13.0. The second-order valence-electron chi connectivity index (χ2n) is 5.09. The van der Waals surface area contributed by atoms with Gasteiger partial charge in [-0.3, -0.25) is 9.59 Å². The average Bonchev–Trinajstić information content (AvgIpc) is 2.12. The van der Waals surface area contributed by atoms with Gasteiger partial charge >= 0.3 is 5.97 Å². The van der Waals surface area contributed by atoms with Crippen molar-refractivity contribution in [3.05, 3.63) is 0 Å². The first-order chi connectivity index (χ1) is 7.29. The van der Waals surface area contributed by atoms with E-state index < -0.39 is 6.29 Å². The summed E-state index contributed by atoms with van der Waals surface area (Å²) in [6.07, 6.45) is -0.658. The molecule has 0 aromatic carbocycles. The lowest BCUT2D eigenvalue weighted by Crippen LogP contribution is -2.46. The molecule has 1 saturated heterocycles. The van der Waals surface area contributed by atoms with Gasteiger partial charge in [0.15, 0.2) is 0 Å². The number of esters is 1. The van der Waals surface area contributed by atoms with Gasteiger partial charge in [0.2, 0.25) is 12.2 Å². The number of amides is 1. The van der Waals surface area contributed by atoms with E-state index in [-0.39, 0.29) is 29.8 Å². The van der Waals surface area contributed by atoms with Crippen LogP contribution in [0.3, 0.4) is 0 Å². The molecule has 1 N–H and O–H groups in total. The number of carbonyl (C=O) groups excluding carboxylic acids is 2. The molecule has 0 bridgehead atoms. The zero-order chi connectivity index (χ0) is 12.3. The van der Waals surface area contributed by atoms with Crippen LogP contribution in [-0.2, 0) is 19.1 Å². The van der Waals surface area contributed by atoms with E-state index in [0.717, 1.165) is 0 Å². The van der Waals surface area contributed by atoms with Gasteiger partial charge in [0, 0.05) is 18.9 Å². The highest BCUT2D eigenvalue weighted by molar-refractivity contribution is 5.73.